The van der Waals surface area contributed by atoms with Gasteiger partial charge in [-0.05, 0) is 37.5 Å². The molecular weight excluding hydrogens is 246 g/mol. The number of aliphatic carboxylic acids is 1. The topological polar surface area (TPSA) is 74.7 Å². The molecule has 0 radical (unpaired) electrons. The third-order valence-electron chi connectivity index (χ3n) is 3.19. The first kappa shape index (κ1) is 13.3. The van der Waals surface area contributed by atoms with Crippen molar-refractivity contribution < 1.29 is 19.5 Å². The number of hydrogen-bond donors (Lipinski definition) is 1. The second-order valence-electron chi connectivity index (χ2n) is 4.76. The number of fused-ring (bicyclic) bond motifs is 1. The Morgan fingerprint density at radius 3 is 2.58 bits per heavy atom. The maximum atomic E-state index is 11.9. The number of carboxylic acids is 1. The van der Waals surface area contributed by atoms with Gasteiger partial charge in [0.2, 0.25) is 0 Å². The first-order valence-electron chi connectivity index (χ1n) is 6.11. The van der Waals surface area contributed by atoms with Crippen LogP contribution in [0, 0.1) is 13.8 Å². The van der Waals surface area contributed by atoms with Gasteiger partial charge < -0.3 is 10.0 Å². The van der Waals surface area contributed by atoms with E-state index in [-0.39, 0.29) is 13.0 Å². The molecule has 100 valence electrons. The molecule has 19 heavy (non-hydrogen) atoms. The number of benzene rings is 1. The van der Waals surface area contributed by atoms with E-state index in [1.54, 1.807) is 13.0 Å². The van der Waals surface area contributed by atoms with Crippen LogP contribution < -0.4 is 4.90 Å². The number of anilines is 1. The smallest absolute Gasteiger partial charge is 0.303 e. The maximum Gasteiger partial charge on any atom is 0.303 e. The Morgan fingerprint density at radius 1 is 1.26 bits per heavy atom. The van der Waals surface area contributed by atoms with E-state index in [1.807, 2.05) is 13.0 Å². The quantitative estimate of drug-likeness (QED) is 0.837. The van der Waals surface area contributed by atoms with Crippen LogP contribution in [-0.4, -0.2) is 29.3 Å². The lowest BCUT2D eigenvalue weighted by molar-refractivity contribution is -0.137. The van der Waals surface area contributed by atoms with Crippen LogP contribution in [0.25, 0.3) is 0 Å². The molecule has 5 nitrogen and oxygen atoms in total. The summed E-state index contributed by atoms with van der Waals surface area (Å²) in [5.41, 5.74) is 2.82. The van der Waals surface area contributed by atoms with Gasteiger partial charge in [0.05, 0.1) is 11.3 Å². The third kappa shape index (κ3) is 2.36. The van der Waals surface area contributed by atoms with E-state index in [2.05, 4.69) is 0 Å². The zero-order valence-corrected chi connectivity index (χ0v) is 10.9. The number of amides is 1. The van der Waals surface area contributed by atoms with Crippen molar-refractivity contribution in [3.05, 3.63) is 28.8 Å². The molecule has 0 bridgehead atoms. The minimum Gasteiger partial charge on any atom is -0.481 e. The van der Waals surface area contributed by atoms with Crippen molar-refractivity contribution in [3.63, 3.8) is 0 Å². The first-order valence-corrected chi connectivity index (χ1v) is 6.11. The highest BCUT2D eigenvalue weighted by Crippen LogP contribution is 2.32. The molecule has 1 aromatic carbocycles. The third-order valence-corrected chi connectivity index (χ3v) is 3.19. The van der Waals surface area contributed by atoms with E-state index < -0.39 is 17.7 Å². The van der Waals surface area contributed by atoms with Gasteiger partial charge in [-0.2, -0.15) is 0 Å². The molecule has 0 atom stereocenters. The molecule has 1 aromatic rings. The van der Waals surface area contributed by atoms with Crippen molar-refractivity contribution in [3.8, 4) is 0 Å². The van der Waals surface area contributed by atoms with Gasteiger partial charge in [-0.25, -0.2) is 0 Å². The highest BCUT2D eigenvalue weighted by atomic mass is 16.4. The van der Waals surface area contributed by atoms with E-state index in [4.69, 9.17) is 5.11 Å². The summed E-state index contributed by atoms with van der Waals surface area (Å²) >= 11 is 0. The van der Waals surface area contributed by atoms with E-state index >= 15 is 0 Å². The molecule has 0 spiro atoms. The Kier molecular flexibility index (Phi) is 3.38. The molecule has 0 unspecified atom stereocenters. The lowest BCUT2D eigenvalue weighted by Crippen LogP contribution is -2.30. The van der Waals surface area contributed by atoms with Crippen LogP contribution in [0.5, 0.6) is 0 Å². The summed E-state index contributed by atoms with van der Waals surface area (Å²) in [6, 6.07) is 3.66. The highest BCUT2D eigenvalue weighted by Gasteiger charge is 2.36. The summed E-state index contributed by atoms with van der Waals surface area (Å²) in [6.45, 7) is 3.96. The van der Waals surface area contributed by atoms with Crippen LogP contribution in [0.15, 0.2) is 12.1 Å². The molecule has 1 aliphatic heterocycles. The minimum atomic E-state index is -0.904. The largest absolute Gasteiger partial charge is 0.481 e. The Bertz CT molecular complexity index is 577. The van der Waals surface area contributed by atoms with Gasteiger partial charge >= 0.3 is 5.97 Å². The zero-order chi connectivity index (χ0) is 14.2. The van der Waals surface area contributed by atoms with Gasteiger partial charge in [0.25, 0.3) is 11.7 Å². The summed E-state index contributed by atoms with van der Waals surface area (Å²) in [7, 11) is 0. The van der Waals surface area contributed by atoms with E-state index in [0.29, 0.717) is 17.7 Å². The predicted octanol–water partition coefficient (Wildman–Crippen LogP) is 1.70. The second kappa shape index (κ2) is 4.84. The van der Waals surface area contributed by atoms with Gasteiger partial charge in [0.1, 0.15) is 0 Å². The van der Waals surface area contributed by atoms with Gasteiger partial charge in [0, 0.05) is 13.0 Å². The van der Waals surface area contributed by atoms with Gasteiger partial charge in [-0.15, -0.1) is 0 Å². The Hall–Kier alpha value is -2.17. The Balaban J connectivity index is 2.31. The average Bonchev–Trinajstić information content (AvgIpc) is 2.53. The number of Topliss-reactive ketones (excluding diaryl/α,β-unsaturated/α-hetero) is 1. The van der Waals surface area contributed by atoms with Crippen molar-refractivity contribution >= 4 is 23.3 Å². The number of aryl methyl sites for hydroxylation is 2. The van der Waals surface area contributed by atoms with Crippen molar-refractivity contribution in [2.75, 3.05) is 11.4 Å². The SMILES string of the molecule is Cc1cc(C)c2c(c1)N(CCCC(=O)O)C(=O)C2=O. The average molecular weight is 261 g/mol. The molecule has 1 N–H and O–H groups in total. The van der Waals surface area contributed by atoms with Crippen molar-refractivity contribution in [1.82, 2.24) is 0 Å². The molecule has 2 rings (SSSR count). The molecule has 0 aromatic heterocycles. The molecule has 0 fully saturated rings. The lowest BCUT2D eigenvalue weighted by atomic mass is 10.0. The summed E-state index contributed by atoms with van der Waals surface area (Å²) in [6.07, 6.45) is 0.318. The van der Waals surface area contributed by atoms with Crippen LogP contribution in [0.3, 0.4) is 0 Å². The van der Waals surface area contributed by atoms with E-state index in [0.717, 1.165) is 11.1 Å². The number of carboxylic acid groups (broad SMARTS) is 1. The number of carbonyl (C=O) groups excluding carboxylic acids is 2. The first-order chi connectivity index (χ1) is 8.91. The molecule has 0 aliphatic carbocycles. The minimum absolute atomic E-state index is 0.0158. The van der Waals surface area contributed by atoms with Crippen LogP contribution in [-0.2, 0) is 9.59 Å². The van der Waals surface area contributed by atoms with Crippen LogP contribution in [0.2, 0.25) is 0 Å². The van der Waals surface area contributed by atoms with Crippen molar-refractivity contribution in [1.29, 1.82) is 0 Å². The molecule has 1 amide bonds. The number of ketones is 1. The zero-order valence-electron chi connectivity index (χ0n) is 10.9. The monoisotopic (exact) mass is 261 g/mol. The standard InChI is InChI=1S/C14H15NO4/c1-8-6-9(2)12-10(7-8)15(14(19)13(12)18)5-3-4-11(16)17/h6-7H,3-5H2,1-2H3,(H,16,17). The molecule has 0 saturated heterocycles. The predicted molar refractivity (Wildman–Crippen MR) is 69.5 cm³/mol. The van der Waals surface area contributed by atoms with E-state index in [9.17, 15) is 14.4 Å². The van der Waals surface area contributed by atoms with Crippen LogP contribution in [0.1, 0.15) is 34.3 Å². The molecule has 1 heterocycles. The molecule has 1 aliphatic rings. The number of hydrogen-bond acceptors (Lipinski definition) is 3. The van der Waals surface area contributed by atoms with Gasteiger partial charge in [-0.3, -0.25) is 14.4 Å². The normalized spacial score (nSPS) is 13.9. The number of carbonyl (C=O) groups is 3. The molecule has 5 heteroatoms. The maximum absolute atomic E-state index is 11.9. The fraction of sp³-hybridized carbons (Fsp3) is 0.357. The Labute approximate surface area is 110 Å². The summed E-state index contributed by atoms with van der Waals surface area (Å²) in [5, 5.41) is 8.62. The Morgan fingerprint density at radius 2 is 1.95 bits per heavy atom. The van der Waals surface area contributed by atoms with Crippen molar-refractivity contribution in [2.45, 2.75) is 26.7 Å². The van der Waals surface area contributed by atoms with Gasteiger partial charge in [0.15, 0.2) is 0 Å². The number of nitrogens with zero attached hydrogens (tertiary/aromatic N) is 1. The summed E-state index contributed by atoms with van der Waals surface area (Å²) < 4.78 is 0. The molecular formula is C14H15NO4. The number of rotatable bonds is 4. The summed E-state index contributed by atoms with van der Waals surface area (Å²) in [4.78, 5) is 35.8. The van der Waals surface area contributed by atoms with Crippen LogP contribution >= 0.6 is 0 Å². The van der Waals surface area contributed by atoms with Crippen LogP contribution in [0.4, 0.5) is 5.69 Å². The van der Waals surface area contributed by atoms with Gasteiger partial charge in [-0.1, -0.05) is 6.07 Å². The highest BCUT2D eigenvalue weighted by molar-refractivity contribution is 6.52. The second-order valence-corrected chi connectivity index (χ2v) is 4.76. The van der Waals surface area contributed by atoms with E-state index in [1.165, 1.54) is 4.90 Å². The fourth-order valence-electron chi connectivity index (χ4n) is 2.40. The summed E-state index contributed by atoms with van der Waals surface area (Å²) in [5.74, 6) is -1.96. The molecule has 0 saturated carbocycles. The fourth-order valence-corrected chi connectivity index (χ4v) is 2.40. The van der Waals surface area contributed by atoms with Crippen molar-refractivity contribution in [2.24, 2.45) is 0 Å². The lowest BCUT2D eigenvalue weighted by Gasteiger charge is -2.16.